The summed E-state index contributed by atoms with van der Waals surface area (Å²) in [5.41, 5.74) is 5.31. The van der Waals surface area contributed by atoms with Crippen molar-refractivity contribution in [2.45, 2.75) is 46.6 Å². The van der Waals surface area contributed by atoms with Crippen LogP contribution in [0.4, 0.5) is 5.69 Å². The maximum absolute atomic E-state index is 13.0. The average Bonchev–Trinajstić information content (AvgIpc) is 2.77. The molecule has 0 aliphatic carbocycles. The van der Waals surface area contributed by atoms with Crippen LogP contribution < -0.4 is 9.64 Å². The summed E-state index contributed by atoms with van der Waals surface area (Å²) >= 11 is 0. The highest BCUT2D eigenvalue weighted by Gasteiger charge is 2.44. The summed E-state index contributed by atoms with van der Waals surface area (Å²) in [6.07, 6.45) is 2.49. The molecule has 6 heteroatoms. The summed E-state index contributed by atoms with van der Waals surface area (Å²) in [6, 6.07) is 10.6. The first kappa shape index (κ1) is 22.6. The molecule has 1 fully saturated rings. The van der Waals surface area contributed by atoms with Gasteiger partial charge in [0.25, 0.3) is 0 Å². The summed E-state index contributed by atoms with van der Waals surface area (Å²) in [7, 11) is 2.14. The molecule has 3 heterocycles. The molecule has 0 radical (unpaired) electrons. The normalized spacial score (nSPS) is 18.2. The van der Waals surface area contributed by atoms with Gasteiger partial charge in [-0.05, 0) is 82.5 Å². The highest BCUT2D eigenvalue weighted by Crippen LogP contribution is 2.36. The Morgan fingerprint density at radius 2 is 1.78 bits per heavy atom. The smallest absolute Gasteiger partial charge is 0.315 e. The first-order chi connectivity index (χ1) is 15.4. The van der Waals surface area contributed by atoms with E-state index in [-0.39, 0.29) is 5.97 Å². The van der Waals surface area contributed by atoms with Crippen molar-refractivity contribution in [3.8, 4) is 5.75 Å². The number of aryl methyl sites for hydroxylation is 2. The van der Waals surface area contributed by atoms with Crippen LogP contribution in [0.3, 0.4) is 0 Å². The van der Waals surface area contributed by atoms with Gasteiger partial charge in [-0.15, -0.1) is 0 Å². The number of nitrogens with zero attached hydrogens (tertiary/aromatic N) is 3. The Morgan fingerprint density at radius 1 is 1.06 bits per heavy atom. The third kappa shape index (κ3) is 4.90. The molecule has 0 atom stereocenters. The van der Waals surface area contributed by atoms with Crippen LogP contribution in [0.2, 0.25) is 0 Å². The van der Waals surface area contributed by atoms with Crippen molar-refractivity contribution in [1.29, 1.82) is 0 Å². The van der Waals surface area contributed by atoms with E-state index in [1.54, 1.807) is 0 Å². The fourth-order valence-electron chi connectivity index (χ4n) is 4.87. The lowest BCUT2D eigenvalue weighted by molar-refractivity contribution is -0.159. The number of piperidine rings is 1. The first-order valence-corrected chi connectivity index (χ1v) is 11.7. The number of ether oxygens (including phenoxy) is 2. The number of aromatic nitrogens is 1. The van der Waals surface area contributed by atoms with E-state index in [0.717, 1.165) is 49.7 Å². The summed E-state index contributed by atoms with van der Waals surface area (Å²) in [6.45, 7) is 10.3. The molecule has 0 amide bonds. The summed E-state index contributed by atoms with van der Waals surface area (Å²) < 4.78 is 11.8. The van der Waals surface area contributed by atoms with Crippen molar-refractivity contribution in [1.82, 2.24) is 9.88 Å². The zero-order chi connectivity index (χ0) is 22.7. The zero-order valence-corrected chi connectivity index (χ0v) is 19.8. The van der Waals surface area contributed by atoms with Crippen LogP contribution in [-0.4, -0.2) is 55.7 Å². The molecule has 2 aromatic rings. The number of anilines is 1. The summed E-state index contributed by atoms with van der Waals surface area (Å²) in [4.78, 5) is 22.2. The van der Waals surface area contributed by atoms with Gasteiger partial charge in [0, 0.05) is 43.3 Å². The molecular formula is C26H35N3O3. The number of likely N-dealkylation sites (N-methyl/N-ethyl adjacent to an activating group) is 1. The lowest BCUT2D eigenvalue weighted by Crippen LogP contribution is -2.48. The lowest BCUT2D eigenvalue weighted by Gasteiger charge is -2.40. The minimum absolute atomic E-state index is 0.139. The molecule has 0 bridgehead atoms. The summed E-state index contributed by atoms with van der Waals surface area (Å²) in [5, 5.41) is 0. The van der Waals surface area contributed by atoms with Crippen LogP contribution in [0.25, 0.3) is 0 Å². The van der Waals surface area contributed by atoms with Gasteiger partial charge in [-0.1, -0.05) is 6.07 Å². The second-order valence-corrected chi connectivity index (χ2v) is 9.30. The van der Waals surface area contributed by atoms with Crippen LogP contribution in [0.1, 0.15) is 42.3 Å². The molecule has 4 rings (SSSR count). The number of carbonyl (C=O) groups excluding carboxylic acids is 1. The molecule has 1 saturated heterocycles. The second-order valence-electron chi connectivity index (χ2n) is 9.30. The predicted octanol–water partition coefficient (Wildman–Crippen LogP) is 3.92. The Bertz CT molecular complexity index is 947. The van der Waals surface area contributed by atoms with Crippen molar-refractivity contribution in [3.05, 3.63) is 52.8 Å². The van der Waals surface area contributed by atoms with E-state index in [4.69, 9.17) is 9.47 Å². The van der Waals surface area contributed by atoms with Gasteiger partial charge in [-0.3, -0.25) is 9.78 Å². The van der Waals surface area contributed by atoms with Gasteiger partial charge in [0.2, 0.25) is 0 Å². The van der Waals surface area contributed by atoms with Crippen LogP contribution in [0.5, 0.6) is 5.75 Å². The van der Waals surface area contributed by atoms with Crippen molar-refractivity contribution >= 4 is 11.7 Å². The maximum Gasteiger partial charge on any atom is 0.315 e. The van der Waals surface area contributed by atoms with E-state index in [0.29, 0.717) is 26.1 Å². The molecule has 172 valence electrons. The fraction of sp³-hybridized carbons (Fsp3) is 0.538. The van der Waals surface area contributed by atoms with Gasteiger partial charge in [0.1, 0.15) is 17.8 Å². The number of rotatable bonds is 6. The Balaban J connectivity index is 1.47. The molecule has 0 saturated carbocycles. The van der Waals surface area contributed by atoms with Crippen molar-refractivity contribution in [2.24, 2.45) is 5.41 Å². The minimum Gasteiger partial charge on any atom is -0.492 e. The van der Waals surface area contributed by atoms with E-state index >= 15 is 0 Å². The molecular weight excluding hydrogens is 402 g/mol. The second kappa shape index (κ2) is 9.49. The highest BCUT2D eigenvalue weighted by molar-refractivity contribution is 5.77. The van der Waals surface area contributed by atoms with Crippen LogP contribution >= 0.6 is 0 Å². The minimum atomic E-state index is -0.615. The van der Waals surface area contributed by atoms with Gasteiger partial charge in [-0.2, -0.15) is 0 Å². The molecule has 2 aliphatic heterocycles. The molecule has 6 nitrogen and oxygen atoms in total. The van der Waals surface area contributed by atoms with Crippen LogP contribution in [0.15, 0.2) is 30.3 Å². The fourth-order valence-corrected chi connectivity index (χ4v) is 4.87. The number of esters is 1. The molecule has 1 aromatic carbocycles. The van der Waals surface area contributed by atoms with Crippen molar-refractivity contribution in [2.75, 3.05) is 44.8 Å². The molecule has 0 spiro atoms. The molecule has 1 aromatic heterocycles. The summed E-state index contributed by atoms with van der Waals surface area (Å²) in [5.74, 6) is 0.699. The van der Waals surface area contributed by atoms with Gasteiger partial charge < -0.3 is 19.3 Å². The first-order valence-electron chi connectivity index (χ1n) is 11.7. The number of carbonyl (C=O) groups is 1. The third-order valence-corrected chi connectivity index (χ3v) is 6.76. The number of pyridine rings is 1. The topological polar surface area (TPSA) is 54.9 Å². The van der Waals surface area contributed by atoms with E-state index in [1.165, 1.54) is 16.8 Å². The average molecular weight is 438 g/mol. The van der Waals surface area contributed by atoms with E-state index < -0.39 is 5.41 Å². The van der Waals surface area contributed by atoms with Crippen molar-refractivity contribution in [3.63, 3.8) is 0 Å². The molecule has 0 unspecified atom stereocenters. The van der Waals surface area contributed by atoms with E-state index in [1.807, 2.05) is 26.8 Å². The maximum atomic E-state index is 13.0. The van der Waals surface area contributed by atoms with E-state index in [2.05, 4.69) is 46.1 Å². The number of fused-ring (bicyclic) bond motifs is 1. The Morgan fingerprint density at radius 3 is 2.47 bits per heavy atom. The molecule has 0 N–H and O–H groups in total. The number of hydrogen-bond donors (Lipinski definition) is 0. The number of hydrogen-bond acceptors (Lipinski definition) is 6. The predicted molar refractivity (Wildman–Crippen MR) is 126 cm³/mol. The Kier molecular flexibility index (Phi) is 6.70. The van der Waals surface area contributed by atoms with Gasteiger partial charge >= 0.3 is 5.97 Å². The molecule has 2 aliphatic rings. The molecule has 32 heavy (non-hydrogen) atoms. The quantitative estimate of drug-likeness (QED) is 0.639. The van der Waals surface area contributed by atoms with Crippen LogP contribution in [-0.2, 0) is 22.5 Å². The van der Waals surface area contributed by atoms with Gasteiger partial charge in [-0.25, -0.2) is 0 Å². The number of benzene rings is 1. The monoisotopic (exact) mass is 437 g/mol. The Hall–Kier alpha value is -2.60. The SMILES string of the molecule is CCOC(=O)C1(COc2ccc3c(c2)CN(C)CC3)CCN(c2cc(C)nc(C)c2)CC1. The van der Waals surface area contributed by atoms with Gasteiger partial charge in [0.15, 0.2) is 0 Å². The standard InChI is InChI=1S/C26H35N3O3/c1-5-31-25(30)26(9-12-29(13-10-26)23-14-19(2)27-20(3)15-23)18-32-24-7-6-21-8-11-28(4)17-22(21)16-24/h6-7,14-16H,5,8-13,17-18H2,1-4H3. The highest BCUT2D eigenvalue weighted by atomic mass is 16.5. The lowest BCUT2D eigenvalue weighted by atomic mass is 9.79. The zero-order valence-electron chi connectivity index (χ0n) is 19.8. The van der Waals surface area contributed by atoms with Gasteiger partial charge in [0.05, 0.1) is 6.61 Å². The Labute approximate surface area is 191 Å². The largest absolute Gasteiger partial charge is 0.492 e. The van der Waals surface area contributed by atoms with E-state index in [9.17, 15) is 4.79 Å². The van der Waals surface area contributed by atoms with Crippen molar-refractivity contribution < 1.29 is 14.3 Å². The van der Waals surface area contributed by atoms with Crippen LogP contribution in [0, 0.1) is 19.3 Å². The third-order valence-electron chi connectivity index (χ3n) is 6.76.